The number of hydrogen-bond donors (Lipinski definition) is 3. The number of fused-ring (bicyclic) bond motifs is 2. The van der Waals surface area contributed by atoms with Gasteiger partial charge >= 0.3 is 0 Å². The molecule has 2 aliphatic heterocycles. The first-order chi connectivity index (χ1) is 15.7. The topological polar surface area (TPSA) is 67.0 Å². The maximum atomic E-state index is 6.15. The van der Waals surface area contributed by atoms with Crippen LogP contribution >= 0.6 is 15.9 Å². The molecular weight excluding hydrogens is 472 g/mol. The van der Waals surface area contributed by atoms with Crippen molar-refractivity contribution in [2.45, 2.75) is 17.4 Å². The fraction of sp³-hybridized carbons (Fsp3) is 0.417. The minimum Gasteiger partial charge on any atom is -0.493 e. The monoisotopic (exact) mass is 500 g/mol. The van der Waals surface area contributed by atoms with E-state index in [2.05, 4.69) is 61.3 Å². The molecule has 0 amide bonds. The fourth-order valence-electron chi connectivity index (χ4n) is 4.48. The van der Waals surface area contributed by atoms with Crippen molar-refractivity contribution in [3.63, 3.8) is 0 Å². The van der Waals surface area contributed by atoms with Gasteiger partial charge in [0.2, 0.25) is 0 Å². The van der Waals surface area contributed by atoms with E-state index in [9.17, 15) is 0 Å². The van der Waals surface area contributed by atoms with Gasteiger partial charge < -0.3 is 25.0 Å². The van der Waals surface area contributed by atoms with Gasteiger partial charge in [-0.15, -0.1) is 0 Å². The third-order valence-corrected chi connectivity index (χ3v) is 7.05. The number of halogens is 1. The molecule has 1 aliphatic carbocycles. The highest BCUT2D eigenvalue weighted by Gasteiger charge is 2.43. The number of hydrogen-bond acceptors (Lipinski definition) is 7. The number of anilines is 1. The summed E-state index contributed by atoms with van der Waals surface area (Å²) >= 11 is 3.87. The summed E-state index contributed by atoms with van der Waals surface area (Å²) in [5.41, 5.74) is 12.4. The maximum absolute atomic E-state index is 6.15. The van der Waals surface area contributed by atoms with Crippen molar-refractivity contribution in [3.05, 3.63) is 59.2 Å². The summed E-state index contributed by atoms with van der Waals surface area (Å²) in [5.74, 6) is 1.56. The average molecular weight is 501 g/mol. The van der Waals surface area contributed by atoms with E-state index in [0.29, 0.717) is 6.61 Å². The molecule has 0 radical (unpaired) electrons. The van der Waals surface area contributed by atoms with Crippen LogP contribution in [0.25, 0.3) is 5.70 Å². The first-order valence-corrected chi connectivity index (χ1v) is 11.9. The normalized spacial score (nSPS) is 22.3. The second kappa shape index (κ2) is 9.31. The second-order valence-electron chi connectivity index (χ2n) is 8.25. The van der Waals surface area contributed by atoms with Gasteiger partial charge in [0.15, 0.2) is 16.1 Å². The minimum atomic E-state index is -0.560. The summed E-state index contributed by atoms with van der Waals surface area (Å²) in [6, 6.07) is 14.4. The zero-order chi connectivity index (χ0) is 22.0. The third-order valence-electron chi connectivity index (χ3n) is 6.17. The molecule has 1 atom stereocenters. The van der Waals surface area contributed by atoms with Crippen molar-refractivity contribution < 1.29 is 14.2 Å². The molecule has 0 bridgehead atoms. The standard InChI is InChI=1S/C24H29BrN4O3/c1-30-21-16-19-17(15-22(21)32-11-5-8-29-9-12-31-13-10-29)14-20-23(19)27-28-24(20,25)26-18-6-3-2-4-7-18/h2-4,6-7,15-16,26-28H,5,8-14H2,1H3. The van der Waals surface area contributed by atoms with Gasteiger partial charge in [0.25, 0.3) is 0 Å². The molecule has 1 saturated heterocycles. The number of para-hydroxylation sites is 1. The number of alkyl halides is 1. The van der Waals surface area contributed by atoms with Crippen LogP contribution in [0.1, 0.15) is 17.5 Å². The molecule has 170 valence electrons. The van der Waals surface area contributed by atoms with Gasteiger partial charge in [0.1, 0.15) is 0 Å². The van der Waals surface area contributed by atoms with E-state index < -0.39 is 4.57 Å². The molecule has 1 unspecified atom stereocenters. The van der Waals surface area contributed by atoms with Gasteiger partial charge in [-0.05, 0) is 52.2 Å². The average Bonchev–Trinajstić information content (AvgIpc) is 3.34. The summed E-state index contributed by atoms with van der Waals surface area (Å²) in [5, 5.41) is 3.55. The Morgan fingerprint density at radius 3 is 2.75 bits per heavy atom. The van der Waals surface area contributed by atoms with E-state index in [0.717, 1.165) is 74.1 Å². The molecule has 3 N–H and O–H groups in total. The lowest BCUT2D eigenvalue weighted by Gasteiger charge is -2.28. The zero-order valence-electron chi connectivity index (χ0n) is 18.2. The zero-order valence-corrected chi connectivity index (χ0v) is 19.8. The van der Waals surface area contributed by atoms with Crippen LogP contribution in [-0.2, 0) is 11.2 Å². The van der Waals surface area contributed by atoms with E-state index >= 15 is 0 Å². The van der Waals surface area contributed by atoms with E-state index in [4.69, 9.17) is 14.2 Å². The molecule has 2 aromatic rings. The number of nitrogens with one attached hydrogen (secondary N) is 3. The predicted molar refractivity (Wildman–Crippen MR) is 129 cm³/mol. The molecule has 0 spiro atoms. The lowest BCUT2D eigenvalue weighted by molar-refractivity contribution is 0.0357. The Labute approximate surface area is 197 Å². The Balaban J connectivity index is 1.27. The Kier molecular flexibility index (Phi) is 6.28. The van der Waals surface area contributed by atoms with Crippen LogP contribution in [0.3, 0.4) is 0 Å². The number of ether oxygens (including phenoxy) is 3. The van der Waals surface area contributed by atoms with Crippen LogP contribution in [0.15, 0.2) is 48.0 Å². The number of hydrazine groups is 1. The van der Waals surface area contributed by atoms with Gasteiger partial charge in [-0.1, -0.05) is 18.2 Å². The summed E-state index contributed by atoms with van der Waals surface area (Å²) in [4.78, 5) is 2.43. The Hall–Kier alpha value is -2.26. The van der Waals surface area contributed by atoms with Gasteiger partial charge in [-0.3, -0.25) is 4.90 Å². The van der Waals surface area contributed by atoms with E-state index in [-0.39, 0.29) is 0 Å². The molecule has 0 aromatic heterocycles. The van der Waals surface area contributed by atoms with Crippen molar-refractivity contribution >= 4 is 27.3 Å². The van der Waals surface area contributed by atoms with Crippen molar-refractivity contribution in [2.24, 2.45) is 0 Å². The molecule has 5 rings (SSSR count). The van der Waals surface area contributed by atoms with Crippen molar-refractivity contribution in [2.75, 3.05) is 51.9 Å². The Morgan fingerprint density at radius 1 is 1.16 bits per heavy atom. The van der Waals surface area contributed by atoms with Crippen LogP contribution in [0.5, 0.6) is 11.5 Å². The van der Waals surface area contributed by atoms with Crippen molar-refractivity contribution in [1.29, 1.82) is 0 Å². The molecule has 2 heterocycles. The van der Waals surface area contributed by atoms with Crippen molar-refractivity contribution in [1.82, 2.24) is 15.8 Å². The van der Waals surface area contributed by atoms with E-state index in [1.54, 1.807) is 7.11 Å². The molecule has 32 heavy (non-hydrogen) atoms. The van der Waals surface area contributed by atoms with Crippen LogP contribution < -0.4 is 25.6 Å². The van der Waals surface area contributed by atoms with Gasteiger partial charge in [-0.2, -0.15) is 5.43 Å². The number of morpholine rings is 1. The largest absolute Gasteiger partial charge is 0.493 e. The summed E-state index contributed by atoms with van der Waals surface area (Å²) < 4.78 is 16.7. The first kappa shape index (κ1) is 21.6. The number of benzene rings is 2. The first-order valence-electron chi connectivity index (χ1n) is 11.1. The molecule has 0 saturated carbocycles. The third kappa shape index (κ3) is 4.32. The minimum absolute atomic E-state index is 0.560. The smallest absolute Gasteiger partial charge is 0.187 e. The molecule has 3 aliphatic rings. The highest BCUT2D eigenvalue weighted by molar-refractivity contribution is 9.10. The summed E-state index contributed by atoms with van der Waals surface area (Å²) in [6.45, 7) is 5.36. The van der Waals surface area contributed by atoms with Crippen LogP contribution in [-0.4, -0.2) is 56.0 Å². The maximum Gasteiger partial charge on any atom is 0.187 e. The van der Waals surface area contributed by atoms with Crippen LogP contribution in [0.2, 0.25) is 0 Å². The SMILES string of the molecule is COc1cc2c(cc1OCCCN1CCOCC1)CC1=C2NNC1(Br)Nc1ccccc1. The Bertz CT molecular complexity index is 994. The van der Waals surface area contributed by atoms with E-state index in [1.807, 2.05) is 18.2 Å². The number of methoxy groups -OCH3 is 1. The molecular formula is C24H29BrN4O3. The van der Waals surface area contributed by atoms with Crippen molar-refractivity contribution in [3.8, 4) is 11.5 Å². The van der Waals surface area contributed by atoms with Crippen LogP contribution in [0, 0.1) is 0 Å². The van der Waals surface area contributed by atoms with E-state index in [1.165, 1.54) is 11.1 Å². The van der Waals surface area contributed by atoms with Gasteiger partial charge in [0, 0.05) is 42.9 Å². The van der Waals surface area contributed by atoms with Gasteiger partial charge in [-0.25, -0.2) is 0 Å². The highest BCUT2D eigenvalue weighted by Crippen LogP contribution is 2.46. The van der Waals surface area contributed by atoms with Gasteiger partial charge in [0.05, 0.1) is 32.6 Å². The Morgan fingerprint density at radius 2 is 1.97 bits per heavy atom. The highest BCUT2D eigenvalue weighted by atomic mass is 79.9. The predicted octanol–water partition coefficient (Wildman–Crippen LogP) is 3.33. The molecule has 1 fully saturated rings. The number of rotatable bonds is 8. The number of nitrogens with zero attached hydrogens (tertiary/aromatic N) is 1. The quantitative estimate of drug-likeness (QED) is 0.291. The molecule has 7 nitrogen and oxygen atoms in total. The van der Waals surface area contributed by atoms with Crippen LogP contribution in [0.4, 0.5) is 5.69 Å². The summed E-state index contributed by atoms with van der Waals surface area (Å²) in [6.07, 6.45) is 1.79. The second-order valence-corrected chi connectivity index (χ2v) is 9.44. The molecule has 8 heteroatoms. The lowest BCUT2D eigenvalue weighted by Crippen LogP contribution is -2.48. The lowest BCUT2D eigenvalue weighted by atomic mass is 10.1. The fourth-order valence-corrected chi connectivity index (χ4v) is 5.14. The summed E-state index contributed by atoms with van der Waals surface area (Å²) in [7, 11) is 1.69. The molecule has 2 aromatic carbocycles.